The second-order valence-electron chi connectivity index (χ2n) is 4.45. The summed E-state index contributed by atoms with van der Waals surface area (Å²) in [7, 11) is -3.20. The molecule has 16 heavy (non-hydrogen) atoms. The fraction of sp³-hybridized carbons (Fsp3) is 1.00. The Balaban J connectivity index is 4.24. The van der Waals surface area contributed by atoms with Gasteiger partial charge in [-0.1, -0.05) is 6.92 Å². The van der Waals surface area contributed by atoms with E-state index < -0.39 is 15.3 Å². The zero-order valence-corrected chi connectivity index (χ0v) is 12.5. The van der Waals surface area contributed by atoms with Crippen molar-refractivity contribution >= 4 is 21.8 Å². The number of thioether (sulfide) groups is 1. The van der Waals surface area contributed by atoms with Gasteiger partial charge in [0.05, 0.1) is 5.25 Å². The van der Waals surface area contributed by atoms with E-state index in [0.717, 1.165) is 6.54 Å². The Labute approximate surface area is 104 Å². The predicted octanol–water partition coefficient (Wildman–Crippen LogP) is 1.05. The zero-order valence-electron chi connectivity index (χ0n) is 10.8. The summed E-state index contributed by atoms with van der Waals surface area (Å²) in [6.07, 6.45) is 1.98. The van der Waals surface area contributed by atoms with E-state index in [2.05, 4.69) is 10.0 Å². The normalized spacial score (nSPS) is 15.1. The Morgan fingerprint density at radius 2 is 1.94 bits per heavy atom. The highest BCUT2D eigenvalue weighted by molar-refractivity contribution is 8.00. The van der Waals surface area contributed by atoms with Gasteiger partial charge in [0.2, 0.25) is 10.0 Å². The summed E-state index contributed by atoms with van der Waals surface area (Å²) in [5.41, 5.74) is 0. The van der Waals surface area contributed by atoms with Crippen LogP contribution in [0.1, 0.15) is 27.7 Å². The van der Waals surface area contributed by atoms with Crippen molar-refractivity contribution in [3.63, 3.8) is 0 Å². The molecule has 0 rings (SSSR count). The van der Waals surface area contributed by atoms with Crippen molar-refractivity contribution in [1.82, 2.24) is 10.0 Å². The summed E-state index contributed by atoms with van der Waals surface area (Å²) < 4.78 is 26.3. The number of hydrogen-bond acceptors (Lipinski definition) is 4. The van der Waals surface area contributed by atoms with Crippen LogP contribution in [-0.4, -0.2) is 44.3 Å². The lowest BCUT2D eigenvalue weighted by atomic mass is 10.2. The lowest BCUT2D eigenvalue weighted by Gasteiger charge is -2.23. The van der Waals surface area contributed by atoms with Crippen molar-refractivity contribution in [2.75, 3.05) is 25.9 Å². The van der Waals surface area contributed by atoms with Crippen molar-refractivity contribution in [2.24, 2.45) is 0 Å². The zero-order chi connectivity index (χ0) is 12.8. The molecule has 0 aromatic carbocycles. The molecule has 0 aliphatic rings. The lowest BCUT2D eigenvalue weighted by molar-refractivity contribution is 0.551. The summed E-state index contributed by atoms with van der Waals surface area (Å²) in [5.74, 6) is 0. The van der Waals surface area contributed by atoms with Crippen molar-refractivity contribution in [2.45, 2.75) is 37.7 Å². The average molecular weight is 268 g/mol. The van der Waals surface area contributed by atoms with Crippen LogP contribution < -0.4 is 10.0 Å². The number of rotatable bonds is 8. The maximum absolute atomic E-state index is 11.8. The lowest BCUT2D eigenvalue weighted by Crippen LogP contribution is -2.43. The SMILES string of the molecule is CCNCC(C)S(=O)(=O)NCC(C)(C)SC. The highest BCUT2D eigenvalue weighted by Gasteiger charge is 2.24. The van der Waals surface area contributed by atoms with Gasteiger partial charge in [-0.05, 0) is 33.6 Å². The number of sulfonamides is 1. The van der Waals surface area contributed by atoms with Crippen LogP contribution in [0, 0.1) is 0 Å². The van der Waals surface area contributed by atoms with Gasteiger partial charge in [0.1, 0.15) is 0 Å². The molecule has 0 aliphatic carbocycles. The summed E-state index contributed by atoms with van der Waals surface area (Å²) >= 11 is 1.65. The minimum atomic E-state index is -3.20. The number of nitrogens with one attached hydrogen (secondary N) is 2. The van der Waals surface area contributed by atoms with E-state index in [1.165, 1.54) is 0 Å². The van der Waals surface area contributed by atoms with Crippen molar-refractivity contribution < 1.29 is 8.42 Å². The molecule has 0 aliphatic heterocycles. The third-order valence-electron chi connectivity index (χ3n) is 2.46. The molecule has 0 aromatic rings. The molecule has 0 saturated heterocycles. The van der Waals surface area contributed by atoms with Gasteiger partial charge >= 0.3 is 0 Å². The number of hydrogen-bond donors (Lipinski definition) is 2. The molecule has 98 valence electrons. The predicted molar refractivity (Wildman–Crippen MR) is 72.5 cm³/mol. The van der Waals surface area contributed by atoms with Gasteiger partial charge in [-0.15, -0.1) is 0 Å². The van der Waals surface area contributed by atoms with Crippen LogP contribution >= 0.6 is 11.8 Å². The molecule has 0 aromatic heterocycles. The molecule has 0 bridgehead atoms. The van der Waals surface area contributed by atoms with Gasteiger partial charge in [0, 0.05) is 17.8 Å². The van der Waals surface area contributed by atoms with E-state index in [-0.39, 0.29) is 4.75 Å². The standard InChI is InChI=1S/C10H24N2O2S2/c1-6-11-7-9(2)16(13,14)12-8-10(3,4)15-5/h9,11-12H,6-8H2,1-5H3. The molecule has 0 fully saturated rings. The van der Waals surface area contributed by atoms with Crippen LogP contribution in [0.5, 0.6) is 0 Å². The molecule has 0 radical (unpaired) electrons. The van der Waals surface area contributed by atoms with E-state index >= 15 is 0 Å². The van der Waals surface area contributed by atoms with Crippen molar-refractivity contribution in [3.8, 4) is 0 Å². The van der Waals surface area contributed by atoms with Crippen LogP contribution in [0.15, 0.2) is 0 Å². The van der Waals surface area contributed by atoms with E-state index in [9.17, 15) is 8.42 Å². The smallest absolute Gasteiger partial charge is 0.215 e. The summed E-state index contributed by atoms with van der Waals surface area (Å²) in [6.45, 7) is 9.47. The second-order valence-corrected chi connectivity index (χ2v) is 8.15. The Kier molecular flexibility index (Phi) is 6.93. The molecule has 6 heteroatoms. The first-order valence-electron chi connectivity index (χ1n) is 5.49. The molecule has 0 heterocycles. The monoisotopic (exact) mass is 268 g/mol. The van der Waals surface area contributed by atoms with Gasteiger partial charge in [0.25, 0.3) is 0 Å². The Hall–Kier alpha value is 0.220. The fourth-order valence-electron chi connectivity index (χ4n) is 0.946. The Morgan fingerprint density at radius 3 is 2.38 bits per heavy atom. The van der Waals surface area contributed by atoms with Crippen LogP contribution in [0.2, 0.25) is 0 Å². The topological polar surface area (TPSA) is 58.2 Å². The van der Waals surface area contributed by atoms with Gasteiger partial charge in [-0.3, -0.25) is 0 Å². The summed E-state index contributed by atoms with van der Waals surface area (Å²) in [4.78, 5) is 0. The maximum Gasteiger partial charge on any atom is 0.215 e. The van der Waals surface area contributed by atoms with Crippen LogP contribution in [0.3, 0.4) is 0 Å². The summed E-state index contributed by atoms with van der Waals surface area (Å²) in [5, 5.41) is 2.64. The van der Waals surface area contributed by atoms with Gasteiger partial charge in [-0.25, -0.2) is 13.1 Å². The molecule has 1 atom stereocenters. The highest BCUT2D eigenvalue weighted by atomic mass is 32.2. The van der Waals surface area contributed by atoms with Gasteiger partial charge in [-0.2, -0.15) is 11.8 Å². The molecule has 2 N–H and O–H groups in total. The largest absolute Gasteiger partial charge is 0.316 e. The molecule has 0 amide bonds. The van der Waals surface area contributed by atoms with Crippen molar-refractivity contribution in [1.29, 1.82) is 0 Å². The third-order valence-corrected chi connectivity index (χ3v) is 5.49. The van der Waals surface area contributed by atoms with E-state index in [0.29, 0.717) is 13.1 Å². The molecule has 1 unspecified atom stereocenters. The minimum Gasteiger partial charge on any atom is -0.316 e. The van der Waals surface area contributed by atoms with E-state index in [4.69, 9.17) is 0 Å². The first-order chi connectivity index (χ1) is 7.25. The fourth-order valence-corrected chi connectivity index (χ4v) is 2.44. The molecule has 0 saturated carbocycles. The molecule has 0 spiro atoms. The average Bonchev–Trinajstić information content (AvgIpc) is 2.23. The summed E-state index contributed by atoms with van der Waals surface area (Å²) in [6, 6.07) is 0. The van der Waals surface area contributed by atoms with Crippen LogP contribution in [0.25, 0.3) is 0 Å². The molecular formula is C10H24N2O2S2. The van der Waals surface area contributed by atoms with Crippen LogP contribution in [0.4, 0.5) is 0 Å². The van der Waals surface area contributed by atoms with E-state index in [1.54, 1.807) is 18.7 Å². The molecular weight excluding hydrogens is 244 g/mol. The Bertz CT molecular complexity index is 289. The quantitative estimate of drug-likeness (QED) is 0.691. The van der Waals surface area contributed by atoms with Gasteiger partial charge < -0.3 is 5.32 Å². The second kappa shape index (κ2) is 6.83. The third kappa shape index (κ3) is 6.08. The molecule has 4 nitrogen and oxygen atoms in total. The highest BCUT2D eigenvalue weighted by Crippen LogP contribution is 2.20. The van der Waals surface area contributed by atoms with Crippen LogP contribution in [-0.2, 0) is 10.0 Å². The van der Waals surface area contributed by atoms with Gasteiger partial charge in [0.15, 0.2) is 0 Å². The Morgan fingerprint density at radius 1 is 1.38 bits per heavy atom. The van der Waals surface area contributed by atoms with Crippen molar-refractivity contribution in [3.05, 3.63) is 0 Å². The minimum absolute atomic E-state index is 0.0645. The van der Waals surface area contributed by atoms with E-state index in [1.807, 2.05) is 27.0 Å². The first-order valence-corrected chi connectivity index (χ1v) is 8.26. The first kappa shape index (κ1) is 16.2. The maximum atomic E-state index is 11.8.